The molecular weight excluding hydrogens is 215 g/mol. The molecule has 0 saturated carbocycles. The number of nitrogens with one attached hydrogen (secondary N) is 1. The van der Waals surface area contributed by atoms with Gasteiger partial charge in [0.1, 0.15) is 5.82 Å². The lowest BCUT2D eigenvalue weighted by atomic mass is 9.88. The molecule has 0 fully saturated rings. The quantitative estimate of drug-likeness (QED) is 0.846. The van der Waals surface area contributed by atoms with E-state index < -0.39 is 0 Å². The second kappa shape index (κ2) is 5.61. The molecule has 0 aromatic heterocycles. The number of hydrogen-bond donors (Lipinski definition) is 1. The highest BCUT2D eigenvalue weighted by Gasteiger charge is 2.30. The fourth-order valence-electron chi connectivity index (χ4n) is 1.87. The number of halogens is 1. The number of rotatable bonds is 5. The predicted molar refractivity (Wildman–Crippen MR) is 70.7 cm³/mol. The van der Waals surface area contributed by atoms with Crippen LogP contribution in [0.5, 0.6) is 0 Å². The minimum Gasteiger partial charge on any atom is -0.315 e. The van der Waals surface area contributed by atoms with Gasteiger partial charge in [0.25, 0.3) is 0 Å². The first-order valence-electron chi connectivity index (χ1n) is 5.97. The van der Waals surface area contributed by atoms with Crippen LogP contribution in [-0.2, 0) is 6.42 Å². The minimum atomic E-state index is -0.179. The molecule has 1 aromatic carbocycles. The van der Waals surface area contributed by atoms with Gasteiger partial charge in [0, 0.05) is 11.6 Å². The Balaban J connectivity index is 2.80. The molecule has 0 radical (unpaired) electrons. The Bertz CT molecular complexity index is 344. The number of nitrogens with zero attached hydrogens (tertiary/aromatic N) is 1. The summed E-state index contributed by atoms with van der Waals surface area (Å²) in [7, 11) is 6.13. The van der Waals surface area contributed by atoms with Crippen molar-refractivity contribution < 1.29 is 4.39 Å². The SMILES string of the molecule is CNC(Cc1ccc(F)cc1)C(C)(C)N(C)C. The Morgan fingerprint density at radius 2 is 1.76 bits per heavy atom. The molecule has 0 saturated heterocycles. The fraction of sp³-hybridized carbons (Fsp3) is 0.571. The summed E-state index contributed by atoms with van der Waals surface area (Å²) in [6.45, 7) is 4.41. The topological polar surface area (TPSA) is 15.3 Å². The molecule has 3 heteroatoms. The molecule has 0 amide bonds. The highest BCUT2D eigenvalue weighted by Crippen LogP contribution is 2.19. The van der Waals surface area contributed by atoms with E-state index in [1.807, 2.05) is 19.2 Å². The maximum absolute atomic E-state index is 12.8. The Morgan fingerprint density at radius 3 is 2.18 bits per heavy atom. The molecule has 1 N–H and O–H groups in total. The van der Waals surface area contributed by atoms with E-state index in [0.717, 1.165) is 12.0 Å². The Hall–Kier alpha value is -0.930. The van der Waals surface area contributed by atoms with Crippen molar-refractivity contribution in [2.45, 2.75) is 31.8 Å². The van der Waals surface area contributed by atoms with E-state index in [1.165, 1.54) is 12.1 Å². The monoisotopic (exact) mass is 238 g/mol. The van der Waals surface area contributed by atoms with E-state index in [9.17, 15) is 4.39 Å². The molecule has 0 spiro atoms. The average molecular weight is 238 g/mol. The average Bonchev–Trinajstić information content (AvgIpc) is 2.27. The van der Waals surface area contributed by atoms with Gasteiger partial charge >= 0.3 is 0 Å². The van der Waals surface area contributed by atoms with Crippen LogP contribution in [0.15, 0.2) is 24.3 Å². The van der Waals surface area contributed by atoms with Crippen molar-refractivity contribution in [1.29, 1.82) is 0 Å². The number of benzene rings is 1. The first kappa shape index (κ1) is 14.1. The molecule has 1 atom stereocenters. The van der Waals surface area contributed by atoms with Gasteiger partial charge in [-0.1, -0.05) is 12.1 Å². The number of hydrogen-bond acceptors (Lipinski definition) is 2. The van der Waals surface area contributed by atoms with Crippen LogP contribution in [0.4, 0.5) is 4.39 Å². The van der Waals surface area contributed by atoms with Gasteiger partial charge < -0.3 is 10.2 Å². The molecule has 0 aliphatic rings. The molecular formula is C14H23FN2. The van der Waals surface area contributed by atoms with Gasteiger partial charge in [0.15, 0.2) is 0 Å². The third-order valence-electron chi connectivity index (χ3n) is 3.71. The van der Waals surface area contributed by atoms with Gasteiger partial charge in [-0.05, 0) is 59.1 Å². The van der Waals surface area contributed by atoms with E-state index >= 15 is 0 Å². The molecule has 0 aliphatic heterocycles. The highest BCUT2D eigenvalue weighted by molar-refractivity contribution is 5.18. The molecule has 1 unspecified atom stereocenters. The molecule has 2 nitrogen and oxygen atoms in total. The lowest BCUT2D eigenvalue weighted by molar-refractivity contribution is 0.141. The van der Waals surface area contributed by atoms with Gasteiger partial charge in [-0.2, -0.15) is 0 Å². The molecule has 1 rings (SSSR count). The molecule has 0 heterocycles. The number of likely N-dealkylation sites (N-methyl/N-ethyl adjacent to an activating group) is 2. The summed E-state index contributed by atoms with van der Waals surface area (Å²) in [5, 5.41) is 3.35. The lowest BCUT2D eigenvalue weighted by Gasteiger charge is -2.40. The summed E-state index contributed by atoms with van der Waals surface area (Å²) in [6.07, 6.45) is 0.891. The maximum Gasteiger partial charge on any atom is 0.123 e. The van der Waals surface area contributed by atoms with Crippen molar-refractivity contribution >= 4 is 0 Å². The smallest absolute Gasteiger partial charge is 0.123 e. The highest BCUT2D eigenvalue weighted by atomic mass is 19.1. The fourth-order valence-corrected chi connectivity index (χ4v) is 1.87. The Morgan fingerprint density at radius 1 is 1.24 bits per heavy atom. The molecule has 0 bridgehead atoms. The van der Waals surface area contributed by atoms with Gasteiger partial charge in [-0.15, -0.1) is 0 Å². The lowest BCUT2D eigenvalue weighted by Crippen LogP contribution is -2.55. The third kappa shape index (κ3) is 3.51. The largest absolute Gasteiger partial charge is 0.315 e. The van der Waals surface area contributed by atoms with E-state index in [1.54, 1.807) is 0 Å². The molecule has 96 valence electrons. The van der Waals surface area contributed by atoms with Crippen molar-refractivity contribution in [2.24, 2.45) is 0 Å². The summed E-state index contributed by atoms with van der Waals surface area (Å²) in [6, 6.07) is 7.06. The van der Waals surface area contributed by atoms with E-state index in [0.29, 0.717) is 6.04 Å². The van der Waals surface area contributed by atoms with Gasteiger partial charge in [0.2, 0.25) is 0 Å². The second-order valence-electron chi connectivity index (χ2n) is 5.22. The van der Waals surface area contributed by atoms with Gasteiger partial charge in [0.05, 0.1) is 0 Å². The Labute approximate surface area is 104 Å². The van der Waals surface area contributed by atoms with E-state index in [2.05, 4.69) is 38.2 Å². The third-order valence-corrected chi connectivity index (χ3v) is 3.71. The summed E-state index contributed by atoms with van der Waals surface area (Å²) in [5.74, 6) is -0.179. The second-order valence-corrected chi connectivity index (χ2v) is 5.22. The van der Waals surface area contributed by atoms with Crippen LogP contribution in [0.1, 0.15) is 19.4 Å². The molecule has 0 aliphatic carbocycles. The zero-order chi connectivity index (χ0) is 13.1. The summed E-state index contributed by atoms with van der Waals surface area (Å²) >= 11 is 0. The van der Waals surface area contributed by atoms with Crippen LogP contribution in [0.2, 0.25) is 0 Å². The van der Waals surface area contributed by atoms with Crippen molar-refractivity contribution in [3.05, 3.63) is 35.6 Å². The van der Waals surface area contributed by atoms with Gasteiger partial charge in [-0.25, -0.2) is 4.39 Å². The van der Waals surface area contributed by atoms with Crippen LogP contribution in [0.25, 0.3) is 0 Å². The first-order valence-corrected chi connectivity index (χ1v) is 5.97. The molecule has 17 heavy (non-hydrogen) atoms. The standard InChI is InChI=1S/C14H23FN2/c1-14(2,17(4)5)13(16-3)10-11-6-8-12(15)9-7-11/h6-9,13,16H,10H2,1-5H3. The van der Waals surface area contributed by atoms with Crippen LogP contribution < -0.4 is 5.32 Å². The van der Waals surface area contributed by atoms with Crippen molar-refractivity contribution in [3.8, 4) is 0 Å². The van der Waals surface area contributed by atoms with Gasteiger partial charge in [-0.3, -0.25) is 0 Å². The van der Waals surface area contributed by atoms with Crippen LogP contribution in [0.3, 0.4) is 0 Å². The van der Waals surface area contributed by atoms with Crippen molar-refractivity contribution in [2.75, 3.05) is 21.1 Å². The maximum atomic E-state index is 12.8. The van der Waals surface area contributed by atoms with Crippen LogP contribution in [0, 0.1) is 5.82 Å². The molecule has 1 aromatic rings. The minimum absolute atomic E-state index is 0.0448. The summed E-state index contributed by atoms with van der Waals surface area (Å²) in [5.41, 5.74) is 1.20. The van der Waals surface area contributed by atoms with Crippen LogP contribution in [-0.4, -0.2) is 37.6 Å². The predicted octanol–water partition coefficient (Wildman–Crippen LogP) is 2.30. The Kier molecular flexibility index (Phi) is 4.66. The van der Waals surface area contributed by atoms with Crippen molar-refractivity contribution in [3.63, 3.8) is 0 Å². The normalized spacial score (nSPS) is 14.1. The summed E-state index contributed by atoms with van der Waals surface area (Å²) in [4.78, 5) is 2.21. The zero-order valence-corrected chi connectivity index (χ0v) is 11.4. The first-order chi connectivity index (χ1) is 7.87. The van der Waals surface area contributed by atoms with Crippen molar-refractivity contribution in [1.82, 2.24) is 10.2 Å². The summed E-state index contributed by atoms with van der Waals surface area (Å²) < 4.78 is 12.8. The van der Waals surface area contributed by atoms with E-state index in [4.69, 9.17) is 0 Å². The van der Waals surface area contributed by atoms with Crippen LogP contribution >= 0.6 is 0 Å². The zero-order valence-electron chi connectivity index (χ0n) is 11.4. The van der Waals surface area contributed by atoms with E-state index in [-0.39, 0.29) is 11.4 Å².